The van der Waals surface area contributed by atoms with Gasteiger partial charge < -0.3 is 10.1 Å². The van der Waals surface area contributed by atoms with Crippen molar-refractivity contribution < 1.29 is 4.74 Å². The van der Waals surface area contributed by atoms with E-state index in [1.807, 2.05) is 30.3 Å². The molecule has 0 aliphatic heterocycles. The van der Waals surface area contributed by atoms with E-state index >= 15 is 0 Å². The molecule has 0 aliphatic carbocycles. The molecule has 0 aromatic heterocycles. The van der Waals surface area contributed by atoms with E-state index in [2.05, 4.69) is 43.4 Å². The maximum absolute atomic E-state index is 5.66. The van der Waals surface area contributed by atoms with Gasteiger partial charge in [-0.15, -0.1) is 0 Å². The molecule has 0 heterocycles. The molecule has 0 fully saturated rings. The van der Waals surface area contributed by atoms with Crippen LogP contribution in [0.2, 0.25) is 0 Å². The third-order valence-electron chi connectivity index (χ3n) is 3.22. The van der Waals surface area contributed by atoms with Crippen LogP contribution in [0.3, 0.4) is 0 Å². The van der Waals surface area contributed by atoms with Crippen molar-refractivity contribution in [1.82, 2.24) is 5.32 Å². The Bertz CT molecular complexity index is 496. The van der Waals surface area contributed by atoms with E-state index in [0.29, 0.717) is 12.6 Å². The highest BCUT2D eigenvalue weighted by atomic mass is 16.5. The third-order valence-corrected chi connectivity index (χ3v) is 3.22. The second kappa shape index (κ2) is 6.95. The minimum Gasteiger partial charge on any atom is -0.492 e. The Morgan fingerprint density at radius 1 is 1.00 bits per heavy atom. The second-order valence-electron chi connectivity index (χ2n) is 4.69. The van der Waals surface area contributed by atoms with Gasteiger partial charge >= 0.3 is 0 Å². The first-order chi connectivity index (χ1) is 9.27. The number of nitrogens with one attached hydrogen (secondary N) is 1. The zero-order chi connectivity index (χ0) is 13.5. The van der Waals surface area contributed by atoms with E-state index in [1.54, 1.807) is 0 Å². The van der Waals surface area contributed by atoms with Crippen LogP contribution in [0.4, 0.5) is 0 Å². The first-order valence-electron chi connectivity index (χ1n) is 6.74. The Kier molecular flexibility index (Phi) is 4.99. The van der Waals surface area contributed by atoms with Crippen molar-refractivity contribution in [3.63, 3.8) is 0 Å². The molecule has 0 bridgehead atoms. The Hall–Kier alpha value is -1.80. The molecule has 2 aromatic rings. The van der Waals surface area contributed by atoms with Gasteiger partial charge in [0.15, 0.2) is 0 Å². The lowest BCUT2D eigenvalue weighted by atomic mass is 10.0. The Morgan fingerprint density at radius 3 is 2.42 bits per heavy atom. The fourth-order valence-corrected chi connectivity index (χ4v) is 2.14. The average molecular weight is 255 g/mol. The quantitative estimate of drug-likeness (QED) is 0.794. The monoisotopic (exact) mass is 255 g/mol. The van der Waals surface area contributed by atoms with Crippen molar-refractivity contribution in [2.24, 2.45) is 0 Å². The third kappa shape index (κ3) is 4.11. The van der Waals surface area contributed by atoms with Gasteiger partial charge in [0, 0.05) is 12.6 Å². The van der Waals surface area contributed by atoms with Crippen LogP contribution < -0.4 is 10.1 Å². The number of hydrogen-bond donors (Lipinski definition) is 1. The smallest absolute Gasteiger partial charge is 0.119 e. The topological polar surface area (TPSA) is 21.3 Å². The largest absolute Gasteiger partial charge is 0.492 e. The van der Waals surface area contributed by atoms with Gasteiger partial charge in [0.2, 0.25) is 0 Å². The highest BCUT2D eigenvalue weighted by Gasteiger charge is 2.06. The summed E-state index contributed by atoms with van der Waals surface area (Å²) in [6.45, 7) is 5.85. The molecule has 0 spiro atoms. The maximum atomic E-state index is 5.66. The predicted octanol–water partition coefficient (Wildman–Crippen LogP) is 3.72. The molecule has 2 aromatic carbocycles. The number of para-hydroxylation sites is 1. The van der Waals surface area contributed by atoms with Crippen LogP contribution in [-0.2, 0) is 0 Å². The van der Waals surface area contributed by atoms with Gasteiger partial charge in [-0.25, -0.2) is 0 Å². The van der Waals surface area contributed by atoms with Crippen LogP contribution in [0.1, 0.15) is 24.1 Å². The molecule has 2 heteroatoms. The molecule has 0 radical (unpaired) electrons. The molecule has 1 atom stereocenters. The summed E-state index contributed by atoms with van der Waals surface area (Å²) < 4.78 is 5.66. The van der Waals surface area contributed by atoms with Gasteiger partial charge in [-0.3, -0.25) is 0 Å². The van der Waals surface area contributed by atoms with Crippen molar-refractivity contribution in [2.45, 2.75) is 19.9 Å². The van der Waals surface area contributed by atoms with Gasteiger partial charge in [0.05, 0.1) is 0 Å². The van der Waals surface area contributed by atoms with Crippen LogP contribution >= 0.6 is 0 Å². The minimum atomic E-state index is 0.348. The van der Waals surface area contributed by atoms with Crippen molar-refractivity contribution in [3.05, 3.63) is 65.7 Å². The van der Waals surface area contributed by atoms with E-state index in [1.165, 1.54) is 11.1 Å². The molecule has 0 aliphatic rings. The molecule has 2 rings (SSSR count). The second-order valence-corrected chi connectivity index (χ2v) is 4.69. The van der Waals surface area contributed by atoms with Gasteiger partial charge in [-0.05, 0) is 37.1 Å². The van der Waals surface area contributed by atoms with Gasteiger partial charge in [-0.2, -0.15) is 0 Å². The molecule has 0 saturated carbocycles. The zero-order valence-electron chi connectivity index (χ0n) is 11.6. The first-order valence-corrected chi connectivity index (χ1v) is 6.74. The zero-order valence-corrected chi connectivity index (χ0v) is 11.6. The Labute approximate surface area is 115 Å². The number of aryl methyl sites for hydroxylation is 1. The lowest BCUT2D eigenvalue weighted by molar-refractivity contribution is 0.307. The lowest BCUT2D eigenvalue weighted by Crippen LogP contribution is -2.24. The Morgan fingerprint density at radius 2 is 1.68 bits per heavy atom. The molecular weight excluding hydrogens is 234 g/mol. The SMILES string of the molecule is Cc1ccccc1[C@@H](C)NCCOc1ccccc1. The van der Waals surface area contributed by atoms with Gasteiger partial charge in [0.1, 0.15) is 12.4 Å². The fourth-order valence-electron chi connectivity index (χ4n) is 2.14. The van der Waals surface area contributed by atoms with E-state index < -0.39 is 0 Å². The molecule has 2 nitrogen and oxygen atoms in total. The maximum Gasteiger partial charge on any atom is 0.119 e. The summed E-state index contributed by atoms with van der Waals surface area (Å²) in [5.41, 5.74) is 2.67. The van der Waals surface area contributed by atoms with E-state index in [4.69, 9.17) is 4.74 Å². The molecule has 19 heavy (non-hydrogen) atoms. The van der Waals surface area contributed by atoms with Crippen LogP contribution in [0.15, 0.2) is 54.6 Å². The van der Waals surface area contributed by atoms with Crippen LogP contribution in [-0.4, -0.2) is 13.2 Å². The van der Waals surface area contributed by atoms with Crippen molar-refractivity contribution in [3.8, 4) is 5.75 Å². The summed E-state index contributed by atoms with van der Waals surface area (Å²) in [6, 6.07) is 18.7. The Balaban J connectivity index is 1.76. The summed E-state index contributed by atoms with van der Waals surface area (Å²) in [5, 5.41) is 3.48. The van der Waals surface area contributed by atoms with E-state index in [0.717, 1.165) is 12.3 Å². The fraction of sp³-hybridized carbons (Fsp3) is 0.294. The number of hydrogen-bond acceptors (Lipinski definition) is 2. The molecule has 100 valence electrons. The van der Waals surface area contributed by atoms with Crippen LogP contribution in [0, 0.1) is 6.92 Å². The average Bonchev–Trinajstić information content (AvgIpc) is 2.45. The molecule has 0 unspecified atom stereocenters. The predicted molar refractivity (Wildman–Crippen MR) is 79.5 cm³/mol. The van der Waals surface area contributed by atoms with Crippen molar-refractivity contribution >= 4 is 0 Å². The van der Waals surface area contributed by atoms with Gasteiger partial charge in [-0.1, -0.05) is 42.5 Å². The van der Waals surface area contributed by atoms with Crippen molar-refractivity contribution in [1.29, 1.82) is 0 Å². The highest BCUT2D eigenvalue weighted by Crippen LogP contribution is 2.16. The summed E-state index contributed by atoms with van der Waals surface area (Å²) in [5.74, 6) is 0.924. The lowest BCUT2D eigenvalue weighted by Gasteiger charge is -2.16. The van der Waals surface area contributed by atoms with Gasteiger partial charge in [0.25, 0.3) is 0 Å². The van der Waals surface area contributed by atoms with Crippen LogP contribution in [0.25, 0.3) is 0 Å². The molecule has 1 N–H and O–H groups in total. The van der Waals surface area contributed by atoms with Crippen LogP contribution in [0.5, 0.6) is 5.75 Å². The normalized spacial score (nSPS) is 12.1. The summed E-state index contributed by atoms with van der Waals surface area (Å²) >= 11 is 0. The highest BCUT2D eigenvalue weighted by molar-refractivity contribution is 5.28. The molecular formula is C17H21NO. The number of rotatable bonds is 6. The van der Waals surface area contributed by atoms with E-state index in [9.17, 15) is 0 Å². The van der Waals surface area contributed by atoms with Crippen molar-refractivity contribution in [2.75, 3.05) is 13.2 Å². The minimum absolute atomic E-state index is 0.348. The first kappa shape index (κ1) is 13.6. The summed E-state index contributed by atoms with van der Waals surface area (Å²) in [7, 11) is 0. The number of benzene rings is 2. The number of ether oxygens (including phenoxy) is 1. The standard InChI is InChI=1S/C17H21NO/c1-14-8-6-7-11-17(14)15(2)18-12-13-19-16-9-4-3-5-10-16/h3-11,15,18H,12-13H2,1-2H3/t15-/m1/s1. The summed E-state index contributed by atoms with van der Waals surface area (Å²) in [6.07, 6.45) is 0. The molecule has 0 saturated heterocycles. The van der Waals surface area contributed by atoms with E-state index in [-0.39, 0.29) is 0 Å². The summed E-state index contributed by atoms with van der Waals surface area (Å²) in [4.78, 5) is 0. The molecule has 0 amide bonds.